The van der Waals surface area contributed by atoms with E-state index in [2.05, 4.69) is 4.98 Å². The van der Waals surface area contributed by atoms with Gasteiger partial charge in [0.15, 0.2) is 0 Å². The fraction of sp³-hybridized carbons (Fsp3) is 0.294. The highest BCUT2D eigenvalue weighted by atomic mass is 16.5. The summed E-state index contributed by atoms with van der Waals surface area (Å²) < 4.78 is 5.25. The number of carboxylic acids is 1. The van der Waals surface area contributed by atoms with Gasteiger partial charge >= 0.3 is 5.97 Å². The Morgan fingerprint density at radius 3 is 2.81 bits per heavy atom. The summed E-state index contributed by atoms with van der Waals surface area (Å²) in [5.41, 5.74) is 5.63. The Kier molecular flexibility index (Phi) is 3.37. The quantitative estimate of drug-likeness (QED) is 0.919. The standard InChI is InChI=1S/C17H17NO3/c1-10-8-15(21-2)18-14-5-3-4-11-6-7-12(17(19)20)9-13(11)16(10)14/h6-9H,3-5H2,1-2H3,(H,19,20). The zero-order valence-electron chi connectivity index (χ0n) is 12.1. The second-order valence-corrected chi connectivity index (χ2v) is 5.33. The number of aromatic carboxylic acids is 1. The molecule has 1 aromatic heterocycles. The minimum absolute atomic E-state index is 0.316. The minimum atomic E-state index is -0.900. The zero-order chi connectivity index (χ0) is 15.0. The Labute approximate surface area is 123 Å². The van der Waals surface area contributed by atoms with Crippen LogP contribution in [0.5, 0.6) is 5.88 Å². The summed E-state index contributed by atoms with van der Waals surface area (Å²) in [7, 11) is 1.61. The summed E-state index contributed by atoms with van der Waals surface area (Å²) in [6.45, 7) is 2.02. The van der Waals surface area contributed by atoms with Crippen molar-refractivity contribution in [3.63, 3.8) is 0 Å². The van der Waals surface area contributed by atoms with Crippen molar-refractivity contribution in [1.82, 2.24) is 4.98 Å². The van der Waals surface area contributed by atoms with E-state index in [4.69, 9.17) is 4.74 Å². The summed E-state index contributed by atoms with van der Waals surface area (Å²) >= 11 is 0. The van der Waals surface area contributed by atoms with Crippen molar-refractivity contribution < 1.29 is 14.6 Å². The summed E-state index contributed by atoms with van der Waals surface area (Å²) in [6.07, 6.45) is 2.82. The van der Waals surface area contributed by atoms with Crippen LogP contribution >= 0.6 is 0 Å². The normalized spacial score (nSPS) is 13.0. The molecule has 0 atom stereocenters. The summed E-state index contributed by atoms with van der Waals surface area (Å²) in [6, 6.07) is 7.28. The van der Waals surface area contributed by atoms with Gasteiger partial charge in [-0.3, -0.25) is 0 Å². The molecule has 21 heavy (non-hydrogen) atoms. The van der Waals surface area contributed by atoms with Crippen molar-refractivity contribution in [3.05, 3.63) is 46.6 Å². The lowest BCUT2D eigenvalue weighted by molar-refractivity contribution is 0.0697. The Hall–Kier alpha value is -2.36. The van der Waals surface area contributed by atoms with E-state index in [-0.39, 0.29) is 0 Å². The number of pyridine rings is 1. The van der Waals surface area contributed by atoms with E-state index >= 15 is 0 Å². The molecule has 0 saturated carbocycles. The van der Waals surface area contributed by atoms with Crippen molar-refractivity contribution >= 4 is 5.97 Å². The average molecular weight is 283 g/mol. The van der Waals surface area contributed by atoms with E-state index in [9.17, 15) is 9.90 Å². The van der Waals surface area contributed by atoms with E-state index in [0.29, 0.717) is 11.4 Å². The molecule has 0 spiro atoms. The van der Waals surface area contributed by atoms with E-state index < -0.39 is 5.97 Å². The molecule has 1 aliphatic rings. The van der Waals surface area contributed by atoms with Gasteiger partial charge in [0.05, 0.1) is 18.4 Å². The maximum absolute atomic E-state index is 11.2. The summed E-state index contributed by atoms with van der Waals surface area (Å²) in [4.78, 5) is 15.8. The van der Waals surface area contributed by atoms with Crippen LogP contribution in [0.15, 0.2) is 24.3 Å². The van der Waals surface area contributed by atoms with Gasteiger partial charge in [-0.15, -0.1) is 0 Å². The molecular formula is C17H17NO3. The lowest BCUT2D eigenvalue weighted by Crippen LogP contribution is -2.01. The van der Waals surface area contributed by atoms with Crippen LogP contribution in [-0.4, -0.2) is 23.2 Å². The third-order valence-corrected chi connectivity index (χ3v) is 3.96. The maximum Gasteiger partial charge on any atom is 0.335 e. The number of carbonyl (C=O) groups is 1. The number of benzene rings is 1. The first kappa shape index (κ1) is 13.6. The van der Waals surface area contributed by atoms with Gasteiger partial charge in [0.2, 0.25) is 5.88 Å². The van der Waals surface area contributed by atoms with Crippen LogP contribution in [0.1, 0.15) is 33.6 Å². The van der Waals surface area contributed by atoms with Gasteiger partial charge in [-0.25, -0.2) is 9.78 Å². The molecule has 1 aliphatic carbocycles. The number of ether oxygens (including phenoxy) is 1. The van der Waals surface area contributed by atoms with Crippen LogP contribution in [0.2, 0.25) is 0 Å². The first-order chi connectivity index (χ1) is 10.1. The lowest BCUT2D eigenvalue weighted by atomic mass is 9.94. The number of nitrogens with zero attached hydrogens (tertiary/aromatic N) is 1. The predicted octanol–water partition coefficient (Wildman–Crippen LogP) is 3.25. The molecule has 0 unspecified atom stereocenters. The number of aryl methyl sites for hydroxylation is 3. The van der Waals surface area contributed by atoms with Crippen molar-refractivity contribution in [2.24, 2.45) is 0 Å². The number of fused-ring (bicyclic) bond motifs is 3. The monoisotopic (exact) mass is 283 g/mol. The Morgan fingerprint density at radius 2 is 2.10 bits per heavy atom. The number of hydrogen-bond donors (Lipinski definition) is 1. The van der Waals surface area contributed by atoms with E-state index in [1.165, 1.54) is 5.56 Å². The summed E-state index contributed by atoms with van der Waals surface area (Å²) in [5, 5.41) is 9.22. The van der Waals surface area contributed by atoms with Gasteiger partial charge in [0.1, 0.15) is 0 Å². The smallest absolute Gasteiger partial charge is 0.335 e. The molecule has 4 nitrogen and oxygen atoms in total. The SMILES string of the molecule is COc1cc(C)c2c(n1)CCCc1ccc(C(=O)O)cc1-2. The second kappa shape index (κ2) is 5.20. The summed E-state index contributed by atoms with van der Waals surface area (Å²) in [5.74, 6) is -0.285. The molecule has 0 aliphatic heterocycles. The number of carboxylic acid groups (broad SMARTS) is 1. The van der Waals surface area contributed by atoms with Gasteiger partial charge in [-0.1, -0.05) is 6.07 Å². The van der Waals surface area contributed by atoms with Crippen molar-refractivity contribution in [2.45, 2.75) is 26.2 Å². The van der Waals surface area contributed by atoms with Crippen molar-refractivity contribution in [3.8, 4) is 17.0 Å². The van der Waals surface area contributed by atoms with Crippen LogP contribution in [0.4, 0.5) is 0 Å². The molecule has 1 heterocycles. The average Bonchev–Trinajstić information content (AvgIpc) is 2.65. The molecule has 1 aromatic carbocycles. The third kappa shape index (κ3) is 2.37. The van der Waals surface area contributed by atoms with Crippen LogP contribution in [-0.2, 0) is 12.8 Å². The number of methoxy groups -OCH3 is 1. The fourth-order valence-electron chi connectivity index (χ4n) is 2.97. The number of hydrogen-bond acceptors (Lipinski definition) is 3. The highest BCUT2D eigenvalue weighted by molar-refractivity contribution is 5.90. The predicted molar refractivity (Wildman–Crippen MR) is 79.9 cm³/mol. The van der Waals surface area contributed by atoms with Crippen molar-refractivity contribution in [2.75, 3.05) is 7.11 Å². The Morgan fingerprint density at radius 1 is 1.29 bits per heavy atom. The molecule has 0 fully saturated rings. The van der Waals surface area contributed by atoms with E-state index in [0.717, 1.165) is 41.6 Å². The van der Waals surface area contributed by atoms with Gasteiger partial charge in [0, 0.05) is 11.6 Å². The molecule has 0 saturated heterocycles. The molecule has 4 heteroatoms. The molecule has 0 radical (unpaired) electrons. The first-order valence-electron chi connectivity index (χ1n) is 7.01. The lowest BCUT2D eigenvalue weighted by Gasteiger charge is -2.14. The van der Waals surface area contributed by atoms with E-state index in [1.54, 1.807) is 19.2 Å². The molecule has 108 valence electrons. The van der Waals surface area contributed by atoms with Crippen LogP contribution in [0, 0.1) is 6.92 Å². The largest absolute Gasteiger partial charge is 0.481 e. The molecule has 1 N–H and O–H groups in total. The van der Waals surface area contributed by atoms with Gasteiger partial charge in [-0.2, -0.15) is 0 Å². The first-order valence-corrected chi connectivity index (χ1v) is 7.01. The van der Waals surface area contributed by atoms with Crippen LogP contribution in [0.25, 0.3) is 11.1 Å². The molecular weight excluding hydrogens is 266 g/mol. The molecule has 0 bridgehead atoms. The van der Waals surface area contributed by atoms with Crippen LogP contribution < -0.4 is 4.74 Å². The minimum Gasteiger partial charge on any atom is -0.481 e. The highest BCUT2D eigenvalue weighted by Gasteiger charge is 2.20. The topological polar surface area (TPSA) is 59.4 Å². The van der Waals surface area contributed by atoms with Gasteiger partial charge < -0.3 is 9.84 Å². The van der Waals surface area contributed by atoms with Crippen molar-refractivity contribution in [1.29, 1.82) is 0 Å². The fourth-order valence-corrected chi connectivity index (χ4v) is 2.97. The van der Waals surface area contributed by atoms with Gasteiger partial charge in [-0.05, 0) is 55.0 Å². The molecule has 2 aromatic rings. The van der Waals surface area contributed by atoms with Crippen LogP contribution in [0.3, 0.4) is 0 Å². The molecule has 3 rings (SSSR count). The number of rotatable bonds is 2. The molecule has 0 amide bonds. The Bertz CT molecular complexity index is 722. The number of aromatic nitrogens is 1. The Balaban J connectivity index is 2.26. The third-order valence-electron chi connectivity index (χ3n) is 3.96. The van der Waals surface area contributed by atoms with Gasteiger partial charge in [0.25, 0.3) is 0 Å². The zero-order valence-corrected chi connectivity index (χ0v) is 12.1. The highest BCUT2D eigenvalue weighted by Crippen LogP contribution is 2.36. The van der Waals surface area contributed by atoms with E-state index in [1.807, 2.05) is 19.1 Å². The second-order valence-electron chi connectivity index (χ2n) is 5.33. The maximum atomic E-state index is 11.2.